The fourth-order valence-electron chi connectivity index (χ4n) is 4.18. The third-order valence-electron chi connectivity index (χ3n) is 6.26. The van der Waals surface area contributed by atoms with E-state index in [1.165, 1.54) is 10.6 Å². The van der Waals surface area contributed by atoms with Crippen molar-refractivity contribution in [3.8, 4) is 5.75 Å². The SMILES string of the molecule is CCCCNC(=O)[C@@H](CC)N(Cc1ccc(OC)cc1)C(=O)CCCN(c1ccccc1C)S(C)(=O)=O. The van der Waals surface area contributed by atoms with E-state index >= 15 is 0 Å². The summed E-state index contributed by atoms with van der Waals surface area (Å²) in [6, 6.07) is 14.1. The molecule has 2 amide bonds. The summed E-state index contributed by atoms with van der Waals surface area (Å²) in [5, 5.41) is 2.96. The van der Waals surface area contributed by atoms with E-state index in [1.54, 1.807) is 24.1 Å². The van der Waals surface area contributed by atoms with Crippen molar-refractivity contribution in [3.63, 3.8) is 0 Å². The lowest BCUT2D eigenvalue weighted by Gasteiger charge is -2.31. The summed E-state index contributed by atoms with van der Waals surface area (Å²) in [4.78, 5) is 28.1. The molecule has 0 unspecified atom stereocenters. The van der Waals surface area contributed by atoms with Gasteiger partial charge in [-0.05, 0) is 55.5 Å². The van der Waals surface area contributed by atoms with Gasteiger partial charge in [0.2, 0.25) is 21.8 Å². The monoisotopic (exact) mass is 531 g/mol. The van der Waals surface area contributed by atoms with Crippen molar-refractivity contribution in [1.82, 2.24) is 10.2 Å². The van der Waals surface area contributed by atoms with E-state index in [2.05, 4.69) is 12.2 Å². The van der Waals surface area contributed by atoms with Gasteiger partial charge in [-0.2, -0.15) is 0 Å². The molecule has 1 N–H and O–H groups in total. The predicted octanol–water partition coefficient (Wildman–Crippen LogP) is 4.27. The lowest BCUT2D eigenvalue weighted by Crippen LogP contribution is -2.49. The Kier molecular flexibility index (Phi) is 11.9. The summed E-state index contributed by atoms with van der Waals surface area (Å²) in [5.41, 5.74) is 2.33. The molecule has 9 heteroatoms. The van der Waals surface area contributed by atoms with Crippen LogP contribution in [-0.2, 0) is 26.2 Å². The molecule has 37 heavy (non-hydrogen) atoms. The first-order valence-electron chi connectivity index (χ1n) is 12.9. The van der Waals surface area contributed by atoms with Crippen molar-refractivity contribution < 1.29 is 22.7 Å². The molecule has 1 atom stereocenters. The van der Waals surface area contributed by atoms with Gasteiger partial charge in [-0.15, -0.1) is 0 Å². The number of unbranched alkanes of at least 4 members (excludes halogenated alkanes) is 1. The number of hydrogen-bond donors (Lipinski definition) is 1. The third kappa shape index (κ3) is 9.07. The van der Waals surface area contributed by atoms with E-state index < -0.39 is 16.1 Å². The first kappa shape index (κ1) is 30.2. The predicted molar refractivity (Wildman–Crippen MR) is 148 cm³/mol. The lowest BCUT2D eigenvalue weighted by atomic mass is 10.1. The Labute approximate surface area is 222 Å². The van der Waals surface area contributed by atoms with Gasteiger partial charge in [0, 0.05) is 26.1 Å². The van der Waals surface area contributed by atoms with E-state index in [-0.39, 0.29) is 31.3 Å². The van der Waals surface area contributed by atoms with Crippen molar-refractivity contribution in [2.24, 2.45) is 0 Å². The number of para-hydroxylation sites is 1. The van der Waals surface area contributed by atoms with Crippen molar-refractivity contribution in [3.05, 3.63) is 59.7 Å². The zero-order valence-corrected chi connectivity index (χ0v) is 23.5. The van der Waals surface area contributed by atoms with Crippen molar-refractivity contribution in [2.45, 2.75) is 65.5 Å². The number of aryl methyl sites for hydroxylation is 1. The lowest BCUT2D eigenvalue weighted by molar-refractivity contribution is -0.141. The van der Waals surface area contributed by atoms with E-state index in [0.29, 0.717) is 30.8 Å². The molecule has 0 saturated carbocycles. The number of amides is 2. The van der Waals surface area contributed by atoms with Gasteiger partial charge in [0.05, 0.1) is 19.1 Å². The van der Waals surface area contributed by atoms with Gasteiger partial charge in [-0.25, -0.2) is 8.42 Å². The molecule has 2 aromatic carbocycles. The Morgan fingerprint density at radius 2 is 1.70 bits per heavy atom. The minimum atomic E-state index is -3.53. The molecule has 8 nitrogen and oxygen atoms in total. The number of carbonyl (C=O) groups is 2. The van der Waals surface area contributed by atoms with Gasteiger partial charge in [-0.1, -0.05) is 50.6 Å². The standard InChI is InChI=1S/C28H41N3O5S/c1-6-8-19-29-28(33)25(7-2)30(21-23-15-17-24(36-4)18-16-23)27(32)14-11-20-31(37(5,34)35)26-13-10-9-12-22(26)3/h9-10,12-13,15-18,25H,6-8,11,14,19-21H2,1-5H3,(H,29,33)/t25-/m1/s1. The molecule has 0 spiro atoms. The van der Waals surface area contributed by atoms with Gasteiger partial charge < -0.3 is 15.0 Å². The molecule has 0 aliphatic heterocycles. The second kappa shape index (κ2) is 14.6. The van der Waals surface area contributed by atoms with Crippen LogP contribution in [0.25, 0.3) is 0 Å². The maximum atomic E-state index is 13.5. The van der Waals surface area contributed by atoms with E-state index in [4.69, 9.17) is 4.74 Å². The number of rotatable bonds is 15. The Morgan fingerprint density at radius 1 is 1.03 bits per heavy atom. The van der Waals surface area contributed by atoms with Gasteiger partial charge in [0.25, 0.3) is 0 Å². The maximum absolute atomic E-state index is 13.5. The van der Waals surface area contributed by atoms with Crippen LogP contribution in [0.3, 0.4) is 0 Å². The number of sulfonamides is 1. The third-order valence-corrected chi connectivity index (χ3v) is 7.44. The summed E-state index contributed by atoms with van der Waals surface area (Å²) in [6.45, 7) is 6.82. The van der Waals surface area contributed by atoms with Crippen LogP contribution < -0.4 is 14.4 Å². The van der Waals surface area contributed by atoms with Crippen LogP contribution in [0.15, 0.2) is 48.5 Å². The Bertz CT molecular complexity index is 1120. The fraction of sp³-hybridized carbons (Fsp3) is 0.500. The largest absolute Gasteiger partial charge is 0.497 e. The molecule has 0 radical (unpaired) electrons. The molecular formula is C28H41N3O5S. The second-order valence-corrected chi connectivity index (χ2v) is 11.1. The van der Waals surface area contributed by atoms with Crippen molar-refractivity contribution >= 4 is 27.5 Å². The fourth-order valence-corrected chi connectivity index (χ4v) is 5.20. The van der Waals surface area contributed by atoms with E-state index in [1.807, 2.05) is 50.2 Å². The highest BCUT2D eigenvalue weighted by molar-refractivity contribution is 7.92. The molecule has 0 aliphatic carbocycles. The minimum absolute atomic E-state index is 0.118. The highest BCUT2D eigenvalue weighted by atomic mass is 32.2. The summed E-state index contributed by atoms with van der Waals surface area (Å²) in [6.07, 6.45) is 3.92. The summed E-state index contributed by atoms with van der Waals surface area (Å²) >= 11 is 0. The number of anilines is 1. The molecule has 0 aromatic heterocycles. The average molecular weight is 532 g/mol. The molecule has 0 fully saturated rings. The number of methoxy groups -OCH3 is 1. The molecule has 0 aliphatic rings. The summed E-state index contributed by atoms with van der Waals surface area (Å²) < 4.78 is 31.6. The van der Waals surface area contributed by atoms with Gasteiger partial charge in [0.15, 0.2) is 0 Å². The van der Waals surface area contributed by atoms with Crippen molar-refractivity contribution in [2.75, 3.05) is 30.8 Å². The Hall–Kier alpha value is -3.07. The highest BCUT2D eigenvalue weighted by Gasteiger charge is 2.29. The summed E-state index contributed by atoms with van der Waals surface area (Å²) in [5.74, 6) is 0.352. The smallest absolute Gasteiger partial charge is 0.242 e. The molecular weight excluding hydrogens is 490 g/mol. The number of ether oxygens (including phenoxy) is 1. The number of nitrogens with zero attached hydrogens (tertiary/aromatic N) is 2. The van der Waals surface area contributed by atoms with Crippen LogP contribution >= 0.6 is 0 Å². The van der Waals surface area contributed by atoms with Crippen LogP contribution in [-0.4, -0.2) is 57.6 Å². The molecule has 204 valence electrons. The first-order chi connectivity index (χ1) is 17.6. The zero-order valence-electron chi connectivity index (χ0n) is 22.7. The highest BCUT2D eigenvalue weighted by Crippen LogP contribution is 2.23. The number of benzene rings is 2. The quantitative estimate of drug-likeness (QED) is 0.346. The second-order valence-electron chi connectivity index (χ2n) is 9.16. The summed E-state index contributed by atoms with van der Waals surface area (Å²) in [7, 11) is -1.94. The average Bonchev–Trinajstić information content (AvgIpc) is 2.87. The van der Waals surface area contributed by atoms with Gasteiger partial charge in [0.1, 0.15) is 11.8 Å². The molecule has 2 rings (SSSR count). The van der Waals surface area contributed by atoms with Gasteiger partial charge >= 0.3 is 0 Å². The molecule has 0 saturated heterocycles. The van der Waals surface area contributed by atoms with Crippen LogP contribution in [0.2, 0.25) is 0 Å². The van der Waals surface area contributed by atoms with Crippen LogP contribution in [0.4, 0.5) is 5.69 Å². The zero-order chi connectivity index (χ0) is 27.4. The molecule has 0 heterocycles. The van der Waals surface area contributed by atoms with Gasteiger partial charge in [-0.3, -0.25) is 13.9 Å². The minimum Gasteiger partial charge on any atom is -0.497 e. The number of nitrogens with one attached hydrogen (secondary N) is 1. The Balaban J connectivity index is 2.21. The molecule has 0 bridgehead atoms. The van der Waals surface area contributed by atoms with Crippen LogP contribution in [0.1, 0.15) is 57.1 Å². The normalized spacial score (nSPS) is 12.0. The van der Waals surface area contributed by atoms with Crippen molar-refractivity contribution in [1.29, 1.82) is 0 Å². The van der Waals surface area contributed by atoms with Crippen LogP contribution in [0, 0.1) is 6.92 Å². The molecule has 2 aromatic rings. The van der Waals surface area contributed by atoms with Crippen LogP contribution in [0.5, 0.6) is 5.75 Å². The number of carbonyl (C=O) groups excluding carboxylic acids is 2. The number of hydrogen-bond acceptors (Lipinski definition) is 5. The topological polar surface area (TPSA) is 96.0 Å². The van der Waals surface area contributed by atoms with E-state index in [0.717, 1.165) is 24.0 Å². The first-order valence-corrected chi connectivity index (χ1v) is 14.7. The van der Waals surface area contributed by atoms with E-state index in [9.17, 15) is 18.0 Å². The maximum Gasteiger partial charge on any atom is 0.242 e. The Morgan fingerprint density at radius 3 is 2.27 bits per heavy atom.